The number of fused-ring (bicyclic) bond motifs is 1. The van der Waals surface area contributed by atoms with Gasteiger partial charge in [-0.25, -0.2) is 9.59 Å². The Labute approximate surface area is 163 Å². The van der Waals surface area contributed by atoms with Crippen molar-refractivity contribution in [3.63, 3.8) is 0 Å². The summed E-state index contributed by atoms with van der Waals surface area (Å²) < 4.78 is 21.7. The molecule has 0 amide bonds. The number of methoxy groups -OCH3 is 3. The van der Waals surface area contributed by atoms with Crippen LogP contribution in [0.2, 0.25) is 5.02 Å². The lowest BCUT2D eigenvalue weighted by molar-refractivity contribution is 0.0565. The number of nitrogens with two attached hydrogens (primary N) is 1. The highest BCUT2D eigenvalue weighted by Crippen LogP contribution is 2.41. The van der Waals surface area contributed by atoms with Crippen molar-refractivity contribution < 1.29 is 28.2 Å². The third kappa shape index (κ3) is 2.80. The van der Waals surface area contributed by atoms with E-state index in [1.807, 2.05) is 6.07 Å². The maximum absolute atomic E-state index is 12.2. The van der Waals surface area contributed by atoms with Gasteiger partial charge in [0.05, 0.1) is 43.3 Å². The number of halogens is 1. The van der Waals surface area contributed by atoms with Crippen LogP contribution in [0.25, 0.3) is 16.7 Å². The number of furan rings is 1. The van der Waals surface area contributed by atoms with Crippen LogP contribution in [0.15, 0.2) is 22.7 Å². The normalized spacial score (nSPS) is 10.5. The summed E-state index contributed by atoms with van der Waals surface area (Å²) in [5.41, 5.74) is 6.37. The van der Waals surface area contributed by atoms with Gasteiger partial charge in [-0.2, -0.15) is 5.26 Å². The van der Waals surface area contributed by atoms with E-state index >= 15 is 0 Å². The SMILES string of the molecule is COC(=O)c1cc2c(Cl)c(OC)c(-n3cc(C#N)c(N)c3C(=O)OC)cc2o1. The molecule has 2 aromatic heterocycles. The Morgan fingerprint density at radius 3 is 2.46 bits per heavy atom. The predicted molar refractivity (Wildman–Crippen MR) is 98.9 cm³/mol. The Morgan fingerprint density at radius 2 is 1.89 bits per heavy atom. The van der Waals surface area contributed by atoms with Crippen LogP contribution < -0.4 is 10.5 Å². The third-order valence-electron chi connectivity index (χ3n) is 4.09. The minimum absolute atomic E-state index is 0.0534. The number of carbonyl (C=O) groups excluding carboxylic acids is 2. The number of nitrogen functional groups attached to an aromatic ring is 1. The van der Waals surface area contributed by atoms with Crippen molar-refractivity contribution in [1.29, 1.82) is 5.26 Å². The quantitative estimate of drug-likeness (QED) is 0.658. The number of carbonyl (C=O) groups is 2. The second-order valence-corrected chi connectivity index (χ2v) is 5.91. The van der Waals surface area contributed by atoms with E-state index in [9.17, 15) is 14.9 Å². The topological polar surface area (TPSA) is 130 Å². The summed E-state index contributed by atoms with van der Waals surface area (Å²) in [6.45, 7) is 0. The summed E-state index contributed by atoms with van der Waals surface area (Å²) in [4.78, 5) is 24.0. The smallest absolute Gasteiger partial charge is 0.373 e. The van der Waals surface area contributed by atoms with E-state index in [0.717, 1.165) is 0 Å². The van der Waals surface area contributed by atoms with Gasteiger partial charge in [0, 0.05) is 23.7 Å². The Balaban J connectivity index is 2.36. The molecule has 2 N–H and O–H groups in total. The summed E-state index contributed by atoms with van der Waals surface area (Å²) in [5, 5.41) is 9.82. The predicted octanol–water partition coefficient (Wildman–Crippen LogP) is 2.91. The summed E-state index contributed by atoms with van der Waals surface area (Å²) in [6, 6.07) is 4.83. The van der Waals surface area contributed by atoms with Crippen molar-refractivity contribution in [2.75, 3.05) is 27.1 Å². The summed E-state index contributed by atoms with van der Waals surface area (Å²) >= 11 is 6.44. The Morgan fingerprint density at radius 1 is 1.21 bits per heavy atom. The Bertz CT molecular complexity index is 1150. The lowest BCUT2D eigenvalue weighted by Crippen LogP contribution is -2.11. The zero-order valence-corrected chi connectivity index (χ0v) is 15.8. The number of anilines is 1. The molecule has 3 aromatic rings. The van der Waals surface area contributed by atoms with Crippen LogP contribution in [0, 0.1) is 11.3 Å². The van der Waals surface area contributed by atoms with Gasteiger partial charge in [0.15, 0.2) is 11.4 Å². The molecule has 144 valence electrons. The molecule has 0 atom stereocenters. The van der Waals surface area contributed by atoms with E-state index < -0.39 is 11.9 Å². The van der Waals surface area contributed by atoms with Crippen LogP contribution in [-0.2, 0) is 9.47 Å². The molecule has 0 radical (unpaired) electrons. The van der Waals surface area contributed by atoms with Gasteiger partial charge < -0.3 is 28.9 Å². The van der Waals surface area contributed by atoms with Crippen molar-refractivity contribution >= 4 is 40.2 Å². The highest BCUT2D eigenvalue weighted by atomic mass is 35.5. The fourth-order valence-corrected chi connectivity index (χ4v) is 3.11. The van der Waals surface area contributed by atoms with E-state index in [4.69, 9.17) is 31.2 Å². The van der Waals surface area contributed by atoms with E-state index in [-0.39, 0.29) is 44.7 Å². The van der Waals surface area contributed by atoms with Crippen LogP contribution >= 0.6 is 11.6 Å². The van der Waals surface area contributed by atoms with Crippen LogP contribution in [0.4, 0.5) is 5.69 Å². The summed E-state index contributed by atoms with van der Waals surface area (Å²) in [6.07, 6.45) is 1.35. The molecular weight excluding hydrogens is 390 g/mol. The van der Waals surface area contributed by atoms with Crippen molar-refractivity contribution in [2.24, 2.45) is 0 Å². The maximum Gasteiger partial charge on any atom is 0.373 e. The van der Waals surface area contributed by atoms with Gasteiger partial charge in [0.2, 0.25) is 5.76 Å². The van der Waals surface area contributed by atoms with Gasteiger partial charge in [0.25, 0.3) is 0 Å². The van der Waals surface area contributed by atoms with Crippen LogP contribution in [0.1, 0.15) is 26.6 Å². The number of esters is 2. The van der Waals surface area contributed by atoms with Gasteiger partial charge >= 0.3 is 11.9 Å². The fourth-order valence-electron chi connectivity index (χ4n) is 2.79. The molecule has 0 saturated heterocycles. The molecule has 1 aromatic carbocycles. The molecule has 0 fully saturated rings. The van der Waals surface area contributed by atoms with Crippen LogP contribution in [-0.4, -0.2) is 37.8 Å². The summed E-state index contributed by atoms with van der Waals surface area (Å²) in [5.74, 6) is -1.32. The number of ether oxygens (including phenoxy) is 3. The minimum atomic E-state index is -0.757. The number of hydrogen-bond donors (Lipinski definition) is 1. The number of benzene rings is 1. The molecule has 0 spiro atoms. The molecule has 0 unspecified atom stereocenters. The van der Waals surface area contributed by atoms with Gasteiger partial charge in [-0.05, 0) is 0 Å². The van der Waals surface area contributed by atoms with Gasteiger partial charge in [-0.3, -0.25) is 0 Å². The molecule has 0 aliphatic rings. The average molecular weight is 404 g/mol. The highest BCUT2D eigenvalue weighted by Gasteiger charge is 2.26. The van der Waals surface area contributed by atoms with Crippen molar-refractivity contribution in [2.45, 2.75) is 0 Å². The number of rotatable bonds is 4. The van der Waals surface area contributed by atoms with Gasteiger partial charge in [-0.15, -0.1) is 0 Å². The van der Waals surface area contributed by atoms with Crippen molar-refractivity contribution in [1.82, 2.24) is 4.57 Å². The van der Waals surface area contributed by atoms with E-state index in [1.165, 1.54) is 44.2 Å². The Hall–Kier alpha value is -3.64. The number of nitriles is 1. The molecule has 0 bridgehead atoms. The number of hydrogen-bond acceptors (Lipinski definition) is 8. The first kappa shape index (κ1) is 19.1. The molecule has 2 heterocycles. The maximum atomic E-state index is 12.2. The van der Waals surface area contributed by atoms with Crippen molar-refractivity contribution in [3.8, 4) is 17.5 Å². The zero-order chi connectivity index (χ0) is 20.6. The van der Waals surface area contributed by atoms with Gasteiger partial charge in [0.1, 0.15) is 11.7 Å². The minimum Gasteiger partial charge on any atom is -0.493 e. The molecule has 9 nitrogen and oxygen atoms in total. The first-order valence-corrected chi connectivity index (χ1v) is 8.13. The first-order chi connectivity index (χ1) is 13.4. The third-order valence-corrected chi connectivity index (χ3v) is 4.47. The zero-order valence-electron chi connectivity index (χ0n) is 15.0. The first-order valence-electron chi connectivity index (χ1n) is 7.75. The molecular formula is C18H14ClN3O6. The van der Waals surface area contributed by atoms with E-state index in [0.29, 0.717) is 5.39 Å². The molecule has 0 saturated carbocycles. The second kappa shape index (κ2) is 7.17. The van der Waals surface area contributed by atoms with E-state index in [1.54, 1.807) is 0 Å². The Kier molecular flexibility index (Phi) is 4.90. The van der Waals surface area contributed by atoms with E-state index in [2.05, 4.69) is 4.74 Å². The largest absolute Gasteiger partial charge is 0.493 e. The molecule has 0 aliphatic heterocycles. The fraction of sp³-hybridized carbons (Fsp3) is 0.167. The van der Waals surface area contributed by atoms with Crippen molar-refractivity contribution in [3.05, 3.63) is 40.4 Å². The summed E-state index contributed by atoms with van der Waals surface area (Å²) in [7, 11) is 3.79. The molecule has 0 aliphatic carbocycles. The molecule has 28 heavy (non-hydrogen) atoms. The molecule has 3 rings (SSSR count). The lowest BCUT2D eigenvalue weighted by Gasteiger charge is -2.14. The number of aromatic nitrogens is 1. The standard InChI is InChI=1S/C18H14ClN3O6/c1-25-16-10(22-7-8(6-20)14(21)15(22)18(24)27-3)5-11-9(13(16)19)4-12(28-11)17(23)26-2/h4-5,7H,21H2,1-3H3. The van der Waals surface area contributed by atoms with Crippen LogP contribution in [0.3, 0.4) is 0 Å². The molecule has 10 heteroatoms. The number of nitrogens with zero attached hydrogens (tertiary/aromatic N) is 2. The average Bonchev–Trinajstić information content (AvgIpc) is 3.27. The lowest BCUT2D eigenvalue weighted by atomic mass is 10.2. The van der Waals surface area contributed by atoms with Gasteiger partial charge in [-0.1, -0.05) is 11.6 Å². The monoisotopic (exact) mass is 403 g/mol. The van der Waals surface area contributed by atoms with Crippen LogP contribution in [0.5, 0.6) is 5.75 Å². The second-order valence-electron chi connectivity index (χ2n) is 5.54. The highest BCUT2D eigenvalue weighted by molar-refractivity contribution is 6.37.